The SMILES string of the molecule is C#CCCCCCCCCN.Cl. The fraction of sp³-hybridized carbons (Fsp3) is 0.800. The Morgan fingerprint density at radius 3 is 1.92 bits per heavy atom. The van der Waals surface area contributed by atoms with Crippen LogP contribution in [0.15, 0.2) is 0 Å². The van der Waals surface area contributed by atoms with Gasteiger partial charge in [0.05, 0.1) is 0 Å². The molecule has 0 atom stereocenters. The van der Waals surface area contributed by atoms with Crippen molar-refractivity contribution in [1.29, 1.82) is 0 Å². The Morgan fingerprint density at radius 2 is 1.42 bits per heavy atom. The van der Waals surface area contributed by atoms with Gasteiger partial charge in [0.25, 0.3) is 0 Å². The number of halogens is 1. The maximum absolute atomic E-state index is 5.36. The molecule has 0 bridgehead atoms. The lowest BCUT2D eigenvalue weighted by Gasteiger charge is -1.97. The summed E-state index contributed by atoms with van der Waals surface area (Å²) >= 11 is 0. The van der Waals surface area contributed by atoms with Gasteiger partial charge in [-0.3, -0.25) is 0 Å². The van der Waals surface area contributed by atoms with Crippen LogP contribution in [-0.4, -0.2) is 6.54 Å². The first kappa shape index (κ1) is 14.3. The molecule has 0 aromatic carbocycles. The number of rotatable bonds is 7. The summed E-state index contributed by atoms with van der Waals surface area (Å²) in [4.78, 5) is 0. The maximum atomic E-state index is 5.36. The summed E-state index contributed by atoms with van der Waals surface area (Å²) in [7, 11) is 0. The van der Waals surface area contributed by atoms with Crippen LogP contribution in [0.25, 0.3) is 0 Å². The zero-order valence-corrected chi connectivity index (χ0v) is 8.54. The molecule has 0 saturated carbocycles. The van der Waals surface area contributed by atoms with Crippen molar-refractivity contribution in [2.45, 2.75) is 44.9 Å². The van der Waals surface area contributed by atoms with Crippen molar-refractivity contribution < 1.29 is 0 Å². The number of unbranched alkanes of at least 4 members (excludes halogenated alkanes) is 6. The third-order valence-corrected chi connectivity index (χ3v) is 1.78. The number of hydrogen-bond acceptors (Lipinski definition) is 1. The van der Waals surface area contributed by atoms with Gasteiger partial charge < -0.3 is 5.73 Å². The van der Waals surface area contributed by atoms with E-state index in [0.29, 0.717) is 0 Å². The summed E-state index contributed by atoms with van der Waals surface area (Å²) in [6.07, 6.45) is 13.6. The smallest absolute Gasteiger partial charge is 0.00860 e. The van der Waals surface area contributed by atoms with Gasteiger partial charge in [-0.2, -0.15) is 0 Å². The highest BCUT2D eigenvalue weighted by molar-refractivity contribution is 5.85. The zero-order chi connectivity index (χ0) is 8.36. The van der Waals surface area contributed by atoms with E-state index in [1.807, 2.05) is 0 Å². The van der Waals surface area contributed by atoms with E-state index in [1.165, 1.54) is 38.5 Å². The number of terminal acetylenes is 1. The molecule has 72 valence electrons. The topological polar surface area (TPSA) is 26.0 Å². The van der Waals surface area contributed by atoms with Crippen LogP contribution in [-0.2, 0) is 0 Å². The molecule has 0 amide bonds. The van der Waals surface area contributed by atoms with Crippen molar-refractivity contribution in [3.05, 3.63) is 0 Å². The molecule has 0 aliphatic carbocycles. The van der Waals surface area contributed by atoms with Crippen LogP contribution in [0.4, 0.5) is 0 Å². The summed E-state index contributed by atoms with van der Waals surface area (Å²) in [6, 6.07) is 0. The van der Waals surface area contributed by atoms with Gasteiger partial charge in [0.2, 0.25) is 0 Å². The standard InChI is InChI=1S/C10H19N.ClH/c1-2-3-4-5-6-7-8-9-10-11;/h1H,3-11H2;1H. The quantitative estimate of drug-likeness (QED) is 0.484. The normalized spacial score (nSPS) is 8.67. The second-order valence-electron chi connectivity index (χ2n) is 2.86. The van der Waals surface area contributed by atoms with Crippen molar-refractivity contribution in [2.75, 3.05) is 6.54 Å². The Hall–Kier alpha value is -0.190. The summed E-state index contributed by atoms with van der Waals surface area (Å²) in [6.45, 7) is 0.838. The van der Waals surface area contributed by atoms with E-state index in [2.05, 4.69) is 5.92 Å². The average Bonchev–Trinajstić information content (AvgIpc) is 2.03. The minimum absolute atomic E-state index is 0. The van der Waals surface area contributed by atoms with Crippen LogP contribution < -0.4 is 5.73 Å². The molecule has 2 heteroatoms. The van der Waals surface area contributed by atoms with Crippen LogP contribution >= 0.6 is 12.4 Å². The van der Waals surface area contributed by atoms with E-state index in [0.717, 1.165) is 13.0 Å². The Balaban J connectivity index is 0. The molecule has 0 aliphatic heterocycles. The Kier molecular flexibility index (Phi) is 16.0. The minimum Gasteiger partial charge on any atom is -0.330 e. The highest BCUT2D eigenvalue weighted by Gasteiger charge is 1.88. The molecule has 0 unspecified atom stereocenters. The largest absolute Gasteiger partial charge is 0.330 e. The monoisotopic (exact) mass is 189 g/mol. The third-order valence-electron chi connectivity index (χ3n) is 1.78. The average molecular weight is 190 g/mol. The van der Waals surface area contributed by atoms with Gasteiger partial charge in [-0.25, -0.2) is 0 Å². The number of hydrogen-bond donors (Lipinski definition) is 1. The van der Waals surface area contributed by atoms with Gasteiger partial charge >= 0.3 is 0 Å². The fourth-order valence-corrected chi connectivity index (χ4v) is 1.08. The molecule has 0 rings (SSSR count). The Bertz CT molecular complexity index is 107. The molecule has 0 saturated heterocycles. The van der Waals surface area contributed by atoms with E-state index in [9.17, 15) is 0 Å². The molecule has 2 N–H and O–H groups in total. The van der Waals surface area contributed by atoms with Crippen molar-refractivity contribution in [3.63, 3.8) is 0 Å². The van der Waals surface area contributed by atoms with E-state index in [4.69, 9.17) is 12.2 Å². The van der Waals surface area contributed by atoms with Crippen molar-refractivity contribution in [2.24, 2.45) is 5.73 Å². The highest BCUT2D eigenvalue weighted by Crippen LogP contribution is 2.05. The first-order valence-corrected chi connectivity index (χ1v) is 4.55. The molecule has 0 radical (unpaired) electrons. The summed E-state index contributed by atoms with van der Waals surface area (Å²) < 4.78 is 0. The van der Waals surface area contributed by atoms with E-state index < -0.39 is 0 Å². The highest BCUT2D eigenvalue weighted by atomic mass is 35.5. The van der Waals surface area contributed by atoms with Crippen LogP contribution in [0.2, 0.25) is 0 Å². The molecule has 0 heterocycles. The molecule has 0 fully saturated rings. The molecule has 12 heavy (non-hydrogen) atoms. The van der Waals surface area contributed by atoms with Gasteiger partial charge in [-0.15, -0.1) is 24.8 Å². The van der Waals surface area contributed by atoms with Crippen LogP contribution in [0.3, 0.4) is 0 Å². The molecule has 0 aromatic heterocycles. The van der Waals surface area contributed by atoms with Gasteiger partial charge in [0.15, 0.2) is 0 Å². The van der Waals surface area contributed by atoms with E-state index in [1.54, 1.807) is 0 Å². The van der Waals surface area contributed by atoms with Crippen LogP contribution in [0, 0.1) is 12.3 Å². The first-order valence-electron chi connectivity index (χ1n) is 4.55. The summed E-state index contributed by atoms with van der Waals surface area (Å²) in [5.74, 6) is 2.65. The Labute approximate surface area is 82.5 Å². The predicted octanol–water partition coefficient (Wildman–Crippen LogP) is 2.73. The van der Waals surface area contributed by atoms with Gasteiger partial charge in [0.1, 0.15) is 0 Å². The lowest BCUT2D eigenvalue weighted by Crippen LogP contribution is -1.97. The third kappa shape index (κ3) is 12.5. The molecular formula is C10H20ClN. The summed E-state index contributed by atoms with van der Waals surface area (Å²) in [5, 5.41) is 0. The zero-order valence-electron chi connectivity index (χ0n) is 7.72. The maximum Gasteiger partial charge on any atom is 0.00860 e. The molecule has 0 aliphatic rings. The molecular weight excluding hydrogens is 170 g/mol. The van der Waals surface area contributed by atoms with Crippen LogP contribution in [0.1, 0.15) is 44.9 Å². The van der Waals surface area contributed by atoms with Gasteiger partial charge in [-0.05, 0) is 19.4 Å². The number of nitrogens with two attached hydrogens (primary N) is 1. The van der Waals surface area contributed by atoms with Crippen molar-refractivity contribution in [3.8, 4) is 12.3 Å². The fourth-order valence-electron chi connectivity index (χ4n) is 1.08. The van der Waals surface area contributed by atoms with Crippen LogP contribution in [0.5, 0.6) is 0 Å². The molecule has 1 nitrogen and oxygen atoms in total. The van der Waals surface area contributed by atoms with Gasteiger partial charge in [0, 0.05) is 6.42 Å². The van der Waals surface area contributed by atoms with Crippen molar-refractivity contribution in [1.82, 2.24) is 0 Å². The lowest BCUT2D eigenvalue weighted by molar-refractivity contribution is 0.603. The predicted molar refractivity (Wildman–Crippen MR) is 57.5 cm³/mol. The van der Waals surface area contributed by atoms with Crippen molar-refractivity contribution >= 4 is 12.4 Å². The lowest BCUT2D eigenvalue weighted by atomic mass is 10.1. The summed E-state index contributed by atoms with van der Waals surface area (Å²) in [5.41, 5.74) is 5.36. The second-order valence-corrected chi connectivity index (χ2v) is 2.86. The minimum atomic E-state index is 0. The van der Waals surface area contributed by atoms with E-state index in [-0.39, 0.29) is 12.4 Å². The molecule has 0 spiro atoms. The molecule has 0 aromatic rings. The Morgan fingerprint density at radius 1 is 0.917 bits per heavy atom. The van der Waals surface area contributed by atoms with E-state index >= 15 is 0 Å². The second kappa shape index (κ2) is 13.4. The van der Waals surface area contributed by atoms with Gasteiger partial charge in [-0.1, -0.05) is 25.7 Å². The first-order chi connectivity index (χ1) is 5.41.